The quantitative estimate of drug-likeness (QED) is 0.875. The van der Waals surface area contributed by atoms with Gasteiger partial charge in [0, 0.05) is 30.6 Å². The van der Waals surface area contributed by atoms with Crippen molar-refractivity contribution in [2.75, 3.05) is 19.3 Å². The molecule has 0 aromatic carbocycles. The predicted octanol–water partition coefficient (Wildman–Crippen LogP) is 0.431. The van der Waals surface area contributed by atoms with E-state index >= 15 is 0 Å². The molecule has 1 fully saturated rings. The first-order valence-corrected chi connectivity index (χ1v) is 8.81. The summed E-state index contributed by atoms with van der Waals surface area (Å²) in [5, 5.41) is 5.59. The Balaban J connectivity index is 1.79. The summed E-state index contributed by atoms with van der Waals surface area (Å²) in [6.45, 7) is 1.30. The first-order chi connectivity index (χ1) is 8.97. The smallest absolute Gasteiger partial charge is 0.223 e. The van der Waals surface area contributed by atoms with Crippen molar-refractivity contribution >= 4 is 27.3 Å². The Bertz CT molecular complexity index is 519. The third-order valence-electron chi connectivity index (χ3n) is 3.19. The van der Waals surface area contributed by atoms with E-state index in [1.807, 2.05) is 5.38 Å². The van der Waals surface area contributed by atoms with Crippen LogP contribution in [0.1, 0.15) is 17.8 Å². The molecule has 1 aliphatic rings. The maximum Gasteiger partial charge on any atom is 0.223 e. The summed E-state index contributed by atoms with van der Waals surface area (Å²) in [5.41, 5.74) is 0. The minimum atomic E-state index is -3.13. The standard InChI is InChI=1S/C11H17N3O3S2/c1-19(16,17)14-5-2-9(3-6-14)11(15)13-8-10-12-4-7-18-10/h4,7,9H,2-3,5-6,8H2,1H3,(H,13,15). The zero-order valence-electron chi connectivity index (χ0n) is 10.7. The van der Waals surface area contributed by atoms with E-state index in [0.717, 1.165) is 5.01 Å². The molecule has 0 saturated carbocycles. The summed E-state index contributed by atoms with van der Waals surface area (Å²) in [6.07, 6.45) is 4.07. The fourth-order valence-electron chi connectivity index (χ4n) is 2.10. The van der Waals surface area contributed by atoms with Gasteiger partial charge in [-0.1, -0.05) is 0 Å². The number of thiazole rings is 1. The summed E-state index contributed by atoms with van der Waals surface area (Å²) in [4.78, 5) is 16.0. The van der Waals surface area contributed by atoms with Crippen LogP contribution in [0.3, 0.4) is 0 Å². The van der Waals surface area contributed by atoms with Gasteiger partial charge in [-0.25, -0.2) is 17.7 Å². The zero-order valence-corrected chi connectivity index (χ0v) is 12.3. The van der Waals surface area contributed by atoms with Gasteiger partial charge in [0.2, 0.25) is 15.9 Å². The molecule has 2 heterocycles. The number of aromatic nitrogens is 1. The molecule has 1 aromatic rings. The van der Waals surface area contributed by atoms with Crippen molar-refractivity contribution in [2.24, 2.45) is 5.92 Å². The monoisotopic (exact) mass is 303 g/mol. The van der Waals surface area contributed by atoms with Gasteiger partial charge in [-0.05, 0) is 12.8 Å². The van der Waals surface area contributed by atoms with Crippen LogP contribution < -0.4 is 5.32 Å². The molecule has 6 nitrogen and oxygen atoms in total. The summed E-state index contributed by atoms with van der Waals surface area (Å²) < 4.78 is 24.2. The van der Waals surface area contributed by atoms with Gasteiger partial charge in [0.15, 0.2) is 0 Å². The third-order valence-corrected chi connectivity index (χ3v) is 5.27. The number of hydrogen-bond acceptors (Lipinski definition) is 5. The van der Waals surface area contributed by atoms with Crippen LogP contribution in [0.4, 0.5) is 0 Å². The maximum absolute atomic E-state index is 11.9. The minimum Gasteiger partial charge on any atom is -0.349 e. The Morgan fingerprint density at radius 3 is 2.74 bits per heavy atom. The Hall–Kier alpha value is -0.990. The molecule has 0 radical (unpaired) electrons. The highest BCUT2D eigenvalue weighted by molar-refractivity contribution is 7.88. The van der Waals surface area contributed by atoms with Crippen LogP contribution in [0, 0.1) is 5.92 Å². The number of carbonyl (C=O) groups excluding carboxylic acids is 1. The van der Waals surface area contributed by atoms with Gasteiger partial charge in [-0.15, -0.1) is 11.3 Å². The van der Waals surface area contributed by atoms with Crippen LogP contribution in [0.2, 0.25) is 0 Å². The van der Waals surface area contributed by atoms with Gasteiger partial charge in [0.1, 0.15) is 5.01 Å². The number of nitrogens with one attached hydrogen (secondary N) is 1. The van der Waals surface area contributed by atoms with Gasteiger partial charge in [0.25, 0.3) is 0 Å². The Labute approximate surface area is 116 Å². The maximum atomic E-state index is 11.9. The number of amides is 1. The normalized spacial score (nSPS) is 18.4. The number of hydrogen-bond donors (Lipinski definition) is 1. The SMILES string of the molecule is CS(=O)(=O)N1CCC(C(=O)NCc2nccs2)CC1. The summed E-state index contributed by atoms with van der Waals surface area (Å²) >= 11 is 1.50. The van der Waals surface area contributed by atoms with Crippen molar-refractivity contribution in [1.82, 2.24) is 14.6 Å². The molecular formula is C11H17N3O3S2. The minimum absolute atomic E-state index is 0.0108. The Morgan fingerprint density at radius 1 is 1.53 bits per heavy atom. The van der Waals surface area contributed by atoms with E-state index in [0.29, 0.717) is 32.5 Å². The van der Waals surface area contributed by atoms with Crippen LogP contribution in [-0.2, 0) is 21.4 Å². The molecule has 0 bridgehead atoms. The lowest BCUT2D eigenvalue weighted by Gasteiger charge is -2.29. The topological polar surface area (TPSA) is 79.4 Å². The molecule has 0 aliphatic carbocycles. The zero-order chi connectivity index (χ0) is 13.9. The lowest BCUT2D eigenvalue weighted by molar-refractivity contribution is -0.126. The average Bonchev–Trinajstić information content (AvgIpc) is 2.88. The Morgan fingerprint density at radius 2 is 2.21 bits per heavy atom. The first-order valence-electron chi connectivity index (χ1n) is 6.08. The molecule has 0 spiro atoms. The second-order valence-electron chi connectivity index (χ2n) is 4.58. The van der Waals surface area contributed by atoms with E-state index in [9.17, 15) is 13.2 Å². The largest absolute Gasteiger partial charge is 0.349 e. The van der Waals surface area contributed by atoms with Crippen LogP contribution in [-0.4, -0.2) is 43.0 Å². The van der Waals surface area contributed by atoms with Gasteiger partial charge < -0.3 is 5.32 Å². The second kappa shape index (κ2) is 5.98. The van der Waals surface area contributed by atoms with E-state index in [2.05, 4.69) is 10.3 Å². The number of piperidine rings is 1. The van der Waals surface area contributed by atoms with Gasteiger partial charge in [-0.2, -0.15) is 0 Å². The van der Waals surface area contributed by atoms with Crippen LogP contribution in [0.25, 0.3) is 0 Å². The van der Waals surface area contributed by atoms with E-state index in [1.54, 1.807) is 6.20 Å². The molecule has 0 unspecified atom stereocenters. The highest BCUT2D eigenvalue weighted by atomic mass is 32.2. The fourth-order valence-corrected chi connectivity index (χ4v) is 3.53. The van der Waals surface area contributed by atoms with Crippen molar-refractivity contribution in [3.63, 3.8) is 0 Å². The molecule has 0 atom stereocenters. The molecule has 1 aromatic heterocycles. The first kappa shape index (κ1) is 14.4. The molecule has 1 aliphatic heterocycles. The fraction of sp³-hybridized carbons (Fsp3) is 0.636. The lowest BCUT2D eigenvalue weighted by Crippen LogP contribution is -2.42. The molecule has 2 rings (SSSR count). The van der Waals surface area contributed by atoms with Crippen molar-refractivity contribution in [1.29, 1.82) is 0 Å². The van der Waals surface area contributed by atoms with Gasteiger partial charge in [0.05, 0.1) is 12.8 Å². The molecular weight excluding hydrogens is 286 g/mol. The highest BCUT2D eigenvalue weighted by Crippen LogP contribution is 2.19. The predicted molar refractivity (Wildman–Crippen MR) is 73.1 cm³/mol. The van der Waals surface area contributed by atoms with Crippen LogP contribution in [0.5, 0.6) is 0 Å². The molecule has 1 amide bonds. The highest BCUT2D eigenvalue weighted by Gasteiger charge is 2.28. The molecule has 19 heavy (non-hydrogen) atoms. The van der Waals surface area contributed by atoms with Crippen molar-refractivity contribution in [2.45, 2.75) is 19.4 Å². The molecule has 1 saturated heterocycles. The van der Waals surface area contributed by atoms with Gasteiger partial charge in [-0.3, -0.25) is 4.79 Å². The van der Waals surface area contributed by atoms with Crippen molar-refractivity contribution in [3.05, 3.63) is 16.6 Å². The van der Waals surface area contributed by atoms with E-state index in [-0.39, 0.29) is 11.8 Å². The van der Waals surface area contributed by atoms with E-state index in [4.69, 9.17) is 0 Å². The third kappa shape index (κ3) is 3.99. The molecule has 8 heteroatoms. The van der Waals surface area contributed by atoms with Crippen molar-refractivity contribution in [3.8, 4) is 0 Å². The van der Waals surface area contributed by atoms with Crippen molar-refractivity contribution < 1.29 is 13.2 Å². The average molecular weight is 303 g/mol. The summed E-state index contributed by atoms with van der Waals surface area (Å²) in [5.74, 6) is -0.110. The number of rotatable bonds is 4. The number of carbonyl (C=O) groups is 1. The van der Waals surface area contributed by atoms with Crippen LogP contribution >= 0.6 is 11.3 Å². The molecule has 1 N–H and O–H groups in total. The summed E-state index contributed by atoms with van der Waals surface area (Å²) in [6, 6.07) is 0. The van der Waals surface area contributed by atoms with E-state index in [1.165, 1.54) is 21.9 Å². The summed E-state index contributed by atoms with van der Waals surface area (Å²) in [7, 11) is -3.13. The second-order valence-corrected chi connectivity index (χ2v) is 7.54. The van der Waals surface area contributed by atoms with E-state index < -0.39 is 10.0 Å². The van der Waals surface area contributed by atoms with Crippen LogP contribution in [0.15, 0.2) is 11.6 Å². The van der Waals surface area contributed by atoms with Gasteiger partial charge >= 0.3 is 0 Å². The lowest BCUT2D eigenvalue weighted by atomic mass is 9.97. The number of sulfonamides is 1. The number of nitrogens with zero attached hydrogens (tertiary/aromatic N) is 2. The molecule has 106 valence electrons. The Kier molecular flexibility index (Phi) is 4.54.